The Labute approximate surface area is 177 Å². The summed E-state index contributed by atoms with van der Waals surface area (Å²) in [7, 11) is 0. The Bertz CT molecular complexity index is 1290. The van der Waals surface area contributed by atoms with Crippen molar-refractivity contribution in [3.63, 3.8) is 0 Å². The first-order valence-electron chi connectivity index (χ1n) is 9.38. The zero-order chi connectivity index (χ0) is 20.3. The highest BCUT2D eigenvalue weighted by atomic mass is 32.2. The summed E-state index contributed by atoms with van der Waals surface area (Å²) in [6, 6.07) is 17.5. The van der Waals surface area contributed by atoms with E-state index in [1.165, 1.54) is 0 Å². The highest BCUT2D eigenvalue weighted by molar-refractivity contribution is 7.99. The predicted octanol–water partition coefficient (Wildman–Crippen LogP) is 5.67. The Morgan fingerprint density at radius 1 is 0.933 bits per heavy atom. The van der Waals surface area contributed by atoms with Gasteiger partial charge in [0.2, 0.25) is 0 Å². The molecule has 0 atom stereocenters. The van der Waals surface area contributed by atoms with E-state index in [0.29, 0.717) is 5.75 Å². The number of nitrogens with one attached hydrogen (secondary N) is 1. The average molecular weight is 411 g/mol. The van der Waals surface area contributed by atoms with E-state index in [1.807, 2.05) is 61.7 Å². The second-order valence-electron chi connectivity index (χ2n) is 6.64. The molecule has 4 aromatic heterocycles. The van der Waals surface area contributed by atoms with Crippen LogP contribution < -0.4 is 4.74 Å². The molecule has 0 aliphatic carbocycles. The third kappa shape index (κ3) is 3.88. The predicted molar refractivity (Wildman–Crippen MR) is 117 cm³/mol. The van der Waals surface area contributed by atoms with Crippen molar-refractivity contribution in [2.45, 2.75) is 16.7 Å². The summed E-state index contributed by atoms with van der Waals surface area (Å²) in [5.74, 6) is 2.11. The smallest absolute Gasteiger partial charge is 0.157 e. The fourth-order valence-electron chi connectivity index (χ4n) is 2.98. The lowest BCUT2D eigenvalue weighted by Crippen LogP contribution is -1.89. The lowest BCUT2D eigenvalue weighted by Gasteiger charge is -2.11. The molecule has 30 heavy (non-hydrogen) atoms. The van der Waals surface area contributed by atoms with Gasteiger partial charge in [0.05, 0.1) is 22.1 Å². The van der Waals surface area contributed by atoms with Crippen LogP contribution in [-0.2, 0) is 0 Å². The number of ether oxygens (including phenoxy) is 1. The molecule has 0 saturated carbocycles. The molecular formula is C23H17N5OS. The van der Waals surface area contributed by atoms with Crippen LogP contribution in [0.2, 0.25) is 0 Å². The highest BCUT2D eigenvalue weighted by Crippen LogP contribution is 2.39. The van der Waals surface area contributed by atoms with Crippen molar-refractivity contribution in [3.8, 4) is 23.0 Å². The molecule has 4 heterocycles. The van der Waals surface area contributed by atoms with Crippen molar-refractivity contribution in [2.24, 2.45) is 0 Å². The summed E-state index contributed by atoms with van der Waals surface area (Å²) in [6.07, 6.45) is 7.03. The lowest BCUT2D eigenvalue weighted by atomic mass is 10.3. The molecular weight excluding hydrogens is 394 g/mol. The minimum atomic E-state index is 0.671. The van der Waals surface area contributed by atoms with Crippen LogP contribution >= 0.6 is 11.8 Å². The van der Waals surface area contributed by atoms with Gasteiger partial charge in [0.15, 0.2) is 5.82 Å². The Morgan fingerprint density at radius 3 is 2.67 bits per heavy atom. The Kier molecular flexibility index (Phi) is 4.86. The van der Waals surface area contributed by atoms with Gasteiger partial charge >= 0.3 is 0 Å². The fourth-order valence-corrected chi connectivity index (χ4v) is 3.84. The van der Waals surface area contributed by atoms with Crippen molar-refractivity contribution < 1.29 is 4.74 Å². The van der Waals surface area contributed by atoms with Gasteiger partial charge in [-0.2, -0.15) is 0 Å². The van der Waals surface area contributed by atoms with Gasteiger partial charge in [0, 0.05) is 35.2 Å². The number of aryl methyl sites for hydroxylation is 1. The van der Waals surface area contributed by atoms with E-state index in [9.17, 15) is 0 Å². The fraction of sp³-hybridized carbons (Fsp3) is 0.0435. The van der Waals surface area contributed by atoms with Gasteiger partial charge in [0.1, 0.15) is 17.2 Å². The maximum absolute atomic E-state index is 6.16. The van der Waals surface area contributed by atoms with Crippen LogP contribution in [0.5, 0.6) is 11.5 Å². The molecule has 146 valence electrons. The lowest BCUT2D eigenvalue weighted by molar-refractivity contribution is 0.469. The number of benzene rings is 1. The van der Waals surface area contributed by atoms with Crippen LogP contribution in [0.25, 0.3) is 22.6 Å². The van der Waals surface area contributed by atoms with Crippen LogP contribution in [0.15, 0.2) is 89.2 Å². The number of aromatic nitrogens is 5. The Morgan fingerprint density at radius 2 is 1.90 bits per heavy atom. The molecule has 7 heteroatoms. The molecule has 1 aromatic carbocycles. The summed E-state index contributed by atoms with van der Waals surface area (Å²) in [5.41, 5.74) is 3.49. The topological polar surface area (TPSA) is 76.6 Å². The summed E-state index contributed by atoms with van der Waals surface area (Å²) < 4.78 is 6.16. The van der Waals surface area contributed by atoms with E-state index >= 15 is 0 Å². The zero-order valence-electron chi connectivity index (χ0n) is 16.1. The van der Waals surface area contributed by atoms with Gasteiger partial charge in [-0.25, -0.2) is 4.98 Å². The van der Waals surface area contributed by atoms with Crippen molar-refractivity contribution in [1.82, 2.24) is 24.9 Å². The van der Waals surface area contributed by atoms with Crippen LogP contribution in [0.3, 0.4) is 0 Å². The number of H-pyrrole nitrogens is 1. The largest absolute Gasteiger partial charge is 0.454 e. The minimum Gasteiger partial charge on any atom is -0.454 e. The molecule has 0 spiro atoms. The van der Waals surface area contributed by atoms with E-state index in [0.717, 1.165) is 43.8 Å². The van der Waals surface area contributed by atoms with E-state index in [-0.39, 0.29) is 0 Å². The first kappa shape index (κ1) is 18.3. The quantitative estimate of drug-likeness (QED) is 0.402. The van der Waals surface area contributed by atoms with Gasteiger partial charge in [-0.15, -0.1) is 0 Å². The molecule has 1 N–H and O–H groups in total. The van der Waals surface area contributed by atoms with Gasteiger partial charge in [-0.1, -0.05) is 17.8 Å². The normalized spacial score (nSPS) is 11.0. The third-order valence-electron chi connectivity index (χ3n) is 4.43. The van der Waals surface area contributed by atoms with Crippen LogP contribution in [0.4, 0.5) is 0 Å². The molecule has 5 rings (SSSR count). The maximum Gasteiger partial charge on any atom is 0.157 e. The first-order valence-corrected chi connectivity index (χ1v) is 10.2. The van der Waals surface area contributed by atoms with E-state index in [1.54, 1.807) is 30.4 Å². The SMILES string of the molecule is Cc1ccc(Sc2cc3nc(-c4ccccn4)[nH]c3cc2Oc2cccnc2)cn1. The number of hydrogen-bond acceptors (Lipinski definition) is 6. The molecule has 0 aliphatic rings. The van der Waals surface area contributed by atoms with Gasteiger partial charge in [-0.3, -0.25) is 15.0 Å². The summed E-state index contributed by atoms with van der Waals surface area (Å²) in [4.78, 5) is 23.0. The molecule has 0 fully saturated rings. The van der Waals surface area contributed by atoms with Gasteiger partial charge in [-0.05, 0) is 49.4 Å². The molecule has 5 aromatic rings. The number of aromatic amines is 1. The third-order valence-corrected chi connectivity index (χ3v) is 5.45. The number of nitrogens with zero attached hydrogens (tertiary/aromatic N) is 4. The van der Waals surface area contributed by atoms with Gasteiger partial charge < -0.3 is 9.72 Å². The average Bonchev–Trinajstić information content (AvgIpc) is 3.20. The maximum atomic E-state index is 6.16. The van der Waals surface area contributed by atoms with E-state index in [2.05, 4.69) is 26.0 Å². The van der Waals surface area contributed by atoms with Crippen LogP contribution in [-0.4, -0.2) is 24.9 Å². The van der Waals surface area contributed by atoms with Crippen molar-refractivity contribution in [1.29, 1.82) is 0 Å². The summed E-state index contributed by atoms with van der Waals surface area (Å²) in [6.45, 7) is 1.97. The second kappa shape index (κ2) is 7.96. The molecule has 0 radical (unpaired) electrons. The van der Waals surface area contributed by atoms with E-state index in [4.69, 9.17) is 9.72 Å². The highest BCUT2D eigenvalue weighted by Gasteiger charge is 2.14. The van der Waals surface area contributed by atoms with Gasteiger partial charge in [0.25, 0.3) is 0 Å². The van der Waals surface area contributed by atoms with Crippen molar-refractivity contribution >= 4 is 22.8 Å². The number of hydrogen-bond donors (Lipinski definition) is 1. The molecule has 0 saturated heterocycles. The first-order chi connectivity index (χ1) is 14.7. The standard InChI is InChI=1S/C23H17N5OS/c1-15-7-8-17(14-26-15)30-22-12-20-19(11-21(22)29-16-5-4-9-24-13-16)27-23(28-20)18-6-2-3-10-25-18/h2-14H,1H3,(H,27,28). The minimum absolute atomic E-state index is 0.671. The van der Waals surface area contributed by atoms with Crippen molar-refractivity contribution in [2.75, 3.05) is 0 Å². The van der Waals surface area contributed by atoms with E-state index < -0.39 is 0 Å². The molecule has 0 aliphatic heterocycles. The summed E-state index contributed by atoms with van der Waals surface area (Å²) >= 11 is 1.58. The number of fused-ring (bicyclic) bond motifs is 1. The zero-order valence-corrected chi connectivity index (χ0v) is 16.9. The second-order valence-corrected chi connectivity index (χ2v) is 7.76. The molecule has 0 unspecified atom stereocenters. The molecule has 6 nitrogen and oxygen atoms in total. The number of pyridine rings is 3. The Hall–Kier alpha value is -3.71. The molecule has 0 amide bonds. The number of rotatable bonds is 5. The monoisotopic (exact) mass is 411 g/mol. The number of imidazole rings is 1. The van der Waals surface area contributed by atoms with Crippen molar-refractivity contribution in [3.05, 3.63) is 85.1 Å². The van der Waals surface area contributed by atoms with Crippen LogP contribution in [0.1, 0.15) is 5.69 Å². The summed E-state index contributed by atoms with van der Waals surface area (Å²) in [5, 5.41) is 0. The molecule has 0 bridgehead atoms. The van der Waals surface area contributed by atoms with Crippen LogP contribution in [0, 0.1) is 6.92 Å². The Balaban J connectivity index is 1.58.